The van der Waals surface area contributed by atoms with Gasteiger partial charge in [0.25, 0.3) is 0 Å². The Hall–Kier alpha value is -2.23. The molecule has 140 valence electrons. The first-order chi connectivity index (χ1) is 13.3. The van der Waals surface area contributed by atoms with Gasteiger partial charge in [-0.2, -0.15) is 11.8 Å². The smallest absolute Gasteiger partial charge is 0.143 e. The van der Waals surface area contributed by atoms with Gasteiger partial charge < -0.3 is 9.47 Å². The van der Waals surface area contributed by atoms with Gasteiger partial charge in [-0.25, -0.2) is 0 Å². The summed E-state index contributed by atoms with van der Waals surface area (Å²) in [6.45, 7) is 2.85. The van der Waals surface area contributed by atoms with Gasteiger partial charge in [-0.15, -0.1) is 0 Å². The number of methoxy groups -OCH3 is 1. The summed E-state index contributed by atoms with van der Waals surface area (Å²) in [6, 6.07) is 29.1. The van der Waals surface area contributed by atoms with E-state index in [0.717, 1.165) is 33.9 Å². The minimum atomic E-state index is -0.650. The van der Waals surface area contributed by atoms with Crippen LogP contribution in [0.15, 0.2) is 84.9 Å². The zero-order valence-electron chi connectivity index (χ0n) is 15.9. The molecule has 0 aromatic heterocycles. The topological polar surface area (TPSA) is 18.5 Å². The molecule has 0 bridgehead atoms. The third-order valence-corrected chi connectivity index (χ3v) is 5.47. The largest absolute Gasteiger partial charge is 0.497 e. The summed E-state index contributed by atoms with van der Waals surface area (Å²) in [6.07, 6.45) is 0. The van der Waals surface area contributed by atoms with Gasteiger partial charge in [0.1, 0.15) is 11.4 Å². The van der Waals surface area contributed by atoms with Crippen LogP contribution < -0.4 is 4.74 Å². The van der Waals surface area contributed by atoms with Gasteiger partial charge in [-0.05, 0) is 34.6 Å². The fourth-order valence-electron chi connectivity index (χ4n) is 3.32. The van der Waals surface area contributed by atoms with Crippen molar-refractivity contribution in [1.82, 2.24) is 0 Å². The third kappa shape index (κ3) is 4.37. The molecule has 0 heterocycles. The SMILES string of the molecule is CCSCCOC(c1ccccc1)(c1ccccc1)c1ccc(OC)cc1. The molecule has 3 rings (SSSR count). The van der Waals surface area contributed by atoms with Crippen LogP contribution in [0.3, 0.4) is 0 Å². The van der Waals surface area contributed by atoms with Crippen molar-refractivity contribution in [3.63, 3.8) is 0 Å². The van der Waals surface area contributed by atoms with Crippen molar-refractivity contribution in [2.75, 3.05) is 25.2 Å². The summed E-state index contributed by atoms with van der Waals surface area (Å²) in [5, 5.41) is 0. The molecule has 0 aliphatic carbocycles. The van der Waals surface area contributed by atoms with Gasteiger partial charge >= 0.3 is 0 Å². The normalized spacial score (nSPS) is 11.3. The van der Waals surface area contributed by atoms with Gasteiger partial charge in [-0.3, -0.25) is 0 Å². The fraction of sp³-hybridized carbons (Fsp3) is 0.250. The Morgan fingerprint density at radius 2 is 1.26 bits per heavy atom. The zero-order valence-corrected chi connectivity index (χ0v) is 16.7. The van der Waals surface area contributed by atoms with E-state index in [4.69, 9.17) is 9.47 Å². The zero-order chi connectivity index (χ0) is 19.0. The van der Waals surface area contributed by atoms with E-state index in [1.807, 2.05) is 36.0 Å². The van der Waals surface area contributed by atoms with E-state index in [1.165, 1.54) is 0 Å². The summed E-state index contributed by atoms with van der Waals surface area (Å²) in [4.78, 5) is 0. The Morgan fingerprint density at radius 1 is 0.741 bits per heavy atom. The van der Waals surface area contributed by atoms with Gasteiger partial charge in [0.15, 0.2) is 0 Å². The standard InChI is InChI=1S/C24H26O2S/c1-3-27-19-18-26-24(20-10-6-4-7-11-20,21-12-8-5-9-13-21)22-14-16-23(25-2)17-15-22/h4-17H,3,18-19H2,1-2H3. The van der Waals surface area contributed by atoms with Crippen LogP contribution in [-0.2, 0) is 10.3 Å². The van der Waals surface area contributed by atoms with E-state index in [9.17, 15) is 0 Å². The number of benzene rings is 3. The summed E-state index contributed by atoms with van der Waals surface area (Å²) in [5.74, 6) is 2.90. The molecule has 0 radical (unpaired) electrons. The maximum absolute atomic E-state index is 6.70. The molecule has 0 fully saturated rings. The lowest BCUT2D eigenvalue weighted by Crippen LogP contribution is -2.33. The first-order valence-electron chi connectivity index (χ1n) is 9.28. The second-order valence-corrected chi connectivity index (χ2v) is 7.58. The molecule has 0 saturated carbocycles. The molecular formula is C24H26O2S. The average molecular weight is 379 g/mol. The van der Waals surface area contributed by atoms with E-state index in [0.29, 0.717) is 6.61 Å². The molecule has 0 aliphatic heterocycles. The maximum Gasteiger partial charge on any atom is 0.143 e. The molecule has 27 heavy (non-hydrogen) atoms. The van der Waals surface area contributed by atoms with E-state index < -0.39 is 5.60 Å². The van der Waals surface area contributed by atoms with Crippen molar-refractivity contribution in [2.24, 2.45) is 0 Å². The van der Waals surface area contributed by atoms with Crippen LogP contribution in [0.4, 0.5) is 0 Å². The summed E-state index contributed by atoms with van der Waals surface area (Å²) in [5.41, 5.74) is 2.70. The quantitative estimate of drug-likeness (QED) is 0.348. The number of thioether (sulfide) groups is 1. The lowest BCUT2D eigenvalue weighted by Gasteiger charge is -2.36. The van der Waals surface area contributed by atoms with Crippen LogP contribution in [-0.4, -0.2) is 25.2 Å². The van der Waals surface area contributed by atoms with Crippen molar-refractivity contribution in [3.8, 4) is 5.75 Å². The Kier molecular flexibility index (Phi) is 6.97. The minimum absolute atomic E-state index is 0.650. The molecule has 0 amide bonds. The Balaban J connectivity index is 2.14. The molecule has 0 saturated heterocycles. The number of hydrogen-bond donors (Lipinski definition) is 0. The van der Waals surface area contributed by atoms with E-state index in [-0.39, 0.29) is 0 Å². The highest BCUT2D eigenvalue weighted by molar-refractivity contribution is 7.99. The van der Waals surface area contributed by atoms with E-state index in [2.05, 4.69) is 67.6 Å². The summed E-state index contributed by atoms with van der Waals surface area (Å²) < 4.78 is 12.1. The Bertz CT molecular complexity index is 761. The highest BCUT2D eigenvalue weighted by atomic mass is 32.2. The molecule has 0 aliphatic rings. The highest BCUT2D eigenvalue weighted by Gasteiger charge is 2.37. The van der Waals surface area contributed by atoms with Crippen LogP contribution in [0, 0.1) is 0 Å². The summed E-state index contributed by atoms with van der Waals surface area (Å²) in [7, 11) is 1.69. The van der Waals surface area contributed by atoms with Gasteiger partial charge in [-0.1, -0.05) is 79.7 Å². The molecule has 0 spiro atoms. The monoisotopic (exact) mass is 378 g/mol. The molecule has 2 nitrogen and oxygen atoms in total. The molecule has 0 N–H and O–H groups in total. The lowest BCUT2D eigenvalue weighted by atomic mass is 9.80. The van der Waals surface area contributed by atoms with Crippen molar-refractivity contribution in [3.05, 3.63) is 102 Å². The maximum atomic E-state index is 6.70. The minimum Gasteiger partial charge on any atom is -0.497 e. The first-order valence-corrected chi connectivity index (χ1v) is 10.4. The van der Waals surface area contributed by atoms with Gasteiger partial charge in [0.2, 0.25) is 0 Å². The Labute approximate surface area is 166 Å². The van der Waals surface area contributed by atoms with Crippen LogP contribution in [0.2, 0.25) is 0 Å². The van der Waals surface area contributed by atoms with Crippen molar-refractivity contribution >= 4 is 11.8 Å². The van der Waals surface area contributed by atoms with E-state index in [1.54, 1.807) is 7.11 Å². The predicted octanol–water partition coefficient (Wildman–Crippen LogP) is 5.76. The highest BCUT2D eigenvalue weighted by Crippen LogP contribution is 2.41. The van der Waals surface area contributed by atoms with Crippen molar-refractivity contribution < 1.29 is 9.47 Å². The molecular weight excluding hydrogens is 352 g/mol. The van der Waals surface area contributed by atoms with Crippen LogP contribution in [0.1, 0.15) is 23.6 Å². The fourth-order valence-corrected chi connectivity index (χ4v) is 3.81. The third-order valence-electron chi connectivity index (χ3n) is 4.61. The van der Waals surface area contributed by atoms with Crippen LogP contribution >= 0.6 is 11.8 Å². The van der Waals surface area contributed by atoms with Crippen LogP contribution in [0.5, 0.6) is 5.75 Å². The van der Waals surface area contributed by atoms with E-state index >= 15 is 0 Å². The average Bonchev–Trinajstić information content (AvgIpc) is 2.75. The number of hydrogen-bond acceptors (Lipinski definition) is 3. The second-order valence-electron chi connectivity index (χ2n) is 6.19. The Morgan fingerprint density at radius 3 is 1.74 bits per heavy atom. The predicted molar refractivity (Wildman–Crippen MR) is 115 cm³/mol. The van der Waals surface area contributed by atoms with Crippen LogP contribution in [0.25, 0.3) is 0 Å². The van der Waals surface area contributed by atoms with Gasteiger partial charge in [0.05, 0.1) is 13.7 Å². The molecule has 0 unspecified atom stereocenters. The van der Waals surface area contributed by atoms with Crippen molar-refractivity contribution in [2.45, 2.75) is 12.5 Å². The first kappa shape index (κ1) is 19.5. The summed E-state index contributed by atoms with van der Waals surface area (Å²) >= 11 is 1.90. The lowest BCUT2D eigenvalue weighted by molar-refractivity contribution is 0.0233. The number of ether oxygens (including phenoxy) is 2. The van der Waals surface area contributed by atoms with Gasteiger partial charge in [0, 0.05) is 5.75 Å². The molecule has 3 aromatic rings. The van der Waals surface area contributed by atoms with Crippen molar-refractivity contribution in [1.29, 1.82) is 0 Å². The second kappa shape index (κ2) is 9.63. The molecule has 3 aromatic carbocycles. The molecule has 3 heteroatoms. The molecule has 0 atom stereocenters. The number of rotatable bonds is 9.